The quantitative estimate of drug-likeness (QED) is 0.869. The van der Waals surface area contributed by atoms with Crippen molar-refractivity contribution in [2.24, 2.45) is 5.73 Å². The van der Waals surface area contributed by atoms with Gasteiger partial charge in [0.2, 0.25) is 0 Å². The zero-order chi connectivity index (χ0) is 12.3. The molecule has 1 aliphatic rings. The number of nitrogens with two attached hydrogens (primary N) is 1. The zero-order valence-corrected chi connectivity index (χ0v) is 10.2. The van der Waals surface area contributed by atoms with E-state index in [2.05, 4.69) is 12.1 Å². The number of amides is 2. The van der Waals surface area contributed by atoms with E-state index in [1.807, 2.05) is 24.1 Å². The predicted octanol–water partition coefficient (Wildman–Crippen LogP) is 2.14. The van der Waals surface area contributed by atoms with Gasteiger partial charge in [0.25, 0.3) is 0 Å². The molecule has 17 heavy (non-hydrogen) atoms. The normalized spacial score (nSPS) is 14.3. The summed E-state index contributed by atoms with van der Waals surface area (Å²) < 4.78 is 0. The fourth-order valence-electron chi connectivity index (χ4n) is 2.33. The number of nitrogens with zero attached hydrogens (tertiary/aromatic N) is 2. The Morgan fingerprint density at radius 2 is 2.24 bits per heavy atom. The molecule has 0 fully saturated rings. The summed E-state index contributed by atoms with van der Waals surface area (Å²) in [5.74, 6) is 0. The molecule has 0 aromatic heterocycles. The second kappa shape index (κ2) is 5.08. The van der Waals surface area contributed by atoms with E-state index < -0.39 is 0 Å². The van der Waals surface area contributed by atoms with Crippen molar-refractivity contribution in [1.82, 2.24) is 5.01 Å². The molecule has 1 aromatic rings. The maximum atomic E-state index is 11.5. The van der Waals surface area contributed by atoms with Gasteiger partial charge >= 0.3 is 6.03 Å². The summed E-state index contributed by atoms with van der Waals surface area (Å²) in [6.07, 6.45) is 3.04. The van der Waals surface area contributed by atoms with E-state index in [1.54, 1.807) is 5.01 Å². The molecule has 0 unspecified atom stereocenters. The highest BCUT2D eigenvalue weighted by atomic mass is 16.2. The topological polar surface area (TPSA) is 49.6 Å². The van der Waals surface area contributed by atoms with Crippen LogP contribution in [0.1, 0.15) is 25.3 Å². The van der Waals surface area contributed by atoms with Crippen LogP contribution in [0.15, 0.2) is 24.3 Å². The van der Waals surface area contributed by atoms with Crippen LogP contribution in [0, 0.1) is 0 Å². The maximum Gasteiger partial charge on any atom is 0.333 e. The van der Waals surface area contributed by atoms with Crippen LogP contribution in [0.3, 0.4) is 0 Å². The van der Waals surface area contributed by atoms with Gasteiger partial charge in [0.1, 0.15) is 0 Å². The van der Waals surface area contributed by atoms with Gasteiger partial charge in [-0.25, -0.2) is 9.80 Å². The van der Waals surface area contributed by atoms with Gasteiger partial charge in [0.05, 0.1) is 5.69 Å². The number of anilines is 1. The third-order valence-electron chi connectivity index (χ3n) is 3.07. The summed E-state index contributed by atoms with van der Waals surface area (Å²) in [6.45, 7) is 3.58. The number of hydrazine groups is 1. The number of fused-ring (bicyclic) bond motifs is 1. The number of aryl methyl sites for hydroxylation is 1. The van der Waals surface area contributed by atoms with E-state index in [-0.39, 0.29) is 6.03 Å². The molecule has 1 aliphatic heterocycles. The fourth-order valence-corrected chi connectivity index (χ4v) is 2.33. The highest BCUT2D eigenvalue weighted by Gasteiger charge is 2.23. The summed E-state index contributed by atoms with van der Waals surface area (Å²) in [5, 5.41) is 3.67. The second-order valence-electron chi connectivity index (χ2n) is 4.32. The largest absolute Gasteiger partial charge is 0.350 e. The molecule has 2 rings (SSSR count). The minimum atomic E-state index is -0.372. The van der Waals surface area contributed by atoms with Crippen LogP contribution in [0.4, 0.5) is 10.5 Å². The van der Waals surface area contributed by atoms with Gasteiger partial charge in [-0.3, -0.25) is 5.01 Å². The minimum absolute atomic E-state index is 0.372. The summed E-state index contributed by atoms with van der Waals surface area (Å²) in [4.78, 5) is 11.5. The smallest absolute Gasteiger partial charge is 0.333 e. The number of carbonyl (C=O) groups excluding carboxylic acids is 1. The van der Waals surface area contributed by atoms with Crippen molar-refractivity contribution in [1.29, 1.82) is 0 Å². The lowest BCUT2D eigenvalue weighted by molar-refractivity contribution is 0.199. The number of rotatable bonds is 3. The Labute approximate surface area is 102 Å². The average molecular weight is 233 g/mol. The van der Waals surface area contributed by atoms with Crippen LogP contribution >= 0.6 is 0 Å². The summed E-state index contributed by atoms with van der Waals surface area (Å²) >= 11 is 0. The first-order valence-corrected chi connectivity index (χ1v) is 6.16. The molecule has 1 aromatic carbocycles. The van der Waals surface area contributed by atoms with Crippen molar-refractivity contribution in [3.8, 4) is 0 Å². The monoisotopic (exact) mass is 233 g/mol. The molecule has 4 heteroatoms. The van der Waals surface area contributed by atoms with E-state index >= 15 is 0 Å². The van der Waals surface area contributed by atoms with Crippen molar-refractivity contribution >= 4 is 11.7 Å². The van der Waals surface area contributed by atoms with E-state index in [0.717, 1.165) is 31.5 Å². The van der Waals surface area contributed by atoms with E-state index in [9.17, 15) is 4.79 Å². The zero-order valence-electron chi connectivity index (χ0n) is 10.2. The average Bonchev–Trinajstić information content (AvgIpc) is 2.35. The Hall–Kier alpha value is -1.71. The van der Waals surface area contributed by atoms with Gasteiger partial charge < -0.3 is 5.73 Å². The maximum absolute atomic E-state index is 11.5. The second-order valence-corrected chi connectivity index (χ2v) is 4.32. The van der Waals surface area contributed by atoms with Crippen molar-refractivity contribution in [2.75, 3.05) is 18.1 Å². The predicted molar refractivity (Wildman–Crippen MR) is 68.7 cm³/mol. The molecule has 0 bridgehead atoms. The first-order valence-electron chi connectivity index (χ1n) is 6.16. The van der Waals surface area contributed by atoms with Crippen LogP contribution in [-0.2, 0) is 6.42 Å². The molecule has 92 valence electrons. The molecule has 0 spiro atoms. The molecule has 0 radical (unpaired) electrons. The Morgan fingerprint density at radius 1 is 1.47 bits per heavy atom. The molecular formula is C13H19N3O. The summed E-state index contributed by atoms with van der Waals surface area (Å²) in [5.41, 5.74) is 7.87. The number of primary amides is 1. The Morgan fingerprint density at radius 3 is 2.94 bits per heavy atom. The SMILES string of the molecule is CCCN(C(N)=O)N1CCCc2ccccc21. The molecule has 0 saturated heterocycles. The lowest BCUT2D eigenvalue weighted by Crippen LogP contribution is -2.51. The van der Waals surface area contributed by atoms with Crippen LogP contribution in [0.5, 0.6) is 0 Å². The number of hydrogen-bond acceptors (Lipinski definition) is 2. The van der Waals surface area contributed by atoms with Gasteiger partial charge in [0.15, 0.2) is 0 Å². The van der Waals surface area contributed by atoms with Crippen molar-refractivity contribution in [2.45, 2.75) is 26.2 Å². The summed E-state index contributed by atoms with van der Waals surface area (Å²) in [7, 11) is 0. The van der Waals surface area contributed by atoms with Gasteiger partial charge in [0, 0.05) is 13.1 Å². The van der Waals surface area contributed by atoms with Gasteiger partial charge in [-0.15, -0.1) is 0 Å². The summed E-state index contributed by atoms with van der Waals surface area (Å²) in [6, 6.07) is 7.84. The Kier molecular flexibility index (Phi) is 3.52. The number of hydrogen-bond donors (Lipinski definition) is 1. The fraction of sp³-hybridized carbons (Fsp3) is 0.462. The Balaban J connectivity index is 2.30. The van der Waals surface area contributed by atoms with Crippen LogP contribution in [-0.4, -0.2) is 24.1 Å². The van der Waals surface area contributed by atoms with Crippen molar-refractivity contribution in [3.63, 3.8) is 0 Å². The number of carbonyl (C=O) groups is 1. The minimum Gasteiger partial charge on any atom is -0.350 e. The van der Waals surface area contributed by atoms with E-state index in [1.165, 1.54) is 5.56 Å². The molecule has 4 nitrogen and oxygen atoms in total. The molecule has 2 amide bonds. The first-order chi connectivity index (χ1) is 8.24. The molecule has 1 heterocycles. The van der Waals surface area contributed by atoms with E-state index in [4.69, 9.17) is 5.73 Å². The standard InChI is InChI=1S/C13H19N3O/c1-2-9-16(13(14)17)15-10-5-7-11-6-3-4-8-12(11)15/h3-4,6,8H,2,5,7,9-10H2,1H3,(H2,14,17). The molecule has 0 saturated carbocycles. The lowest BCUT2D eigenvalue weighted by Gasteiger charge is -2.39. The molecule has 0 atom stereocenters. The number of urea groups is 1. The van der Waals surface area contributed by atoms with Gasteiger partial charge in [-0.1, -0.05) is 25.1 Å². The van der Waals surface area contributed by atoms with Gasteiger partial charge in [-0.2, -0.15) is 0 Å². The Bertz CT molecular complexity index is 405. The highest BCUT2D eigenvalue weighted by Crippen LogP contribution is 2.27. The number of benzene rings is 1. The van der Waals surface area contributed by atoms with Crippen LogP contribution < -0.4 is 10.7 Å². The van der Waals surface area contributed by atoms with Crippen LogP contribution in [0.2, 0.25) is 0 Å². The van der Waals surface area contributed by atoms with Gasteiger partial charge in [-0.05, 0) is 30.9 Å². The molecule has 0 aliphatic carbocycles. The highest BCUT2D eigenvalue weighted by molar-refractivity contribution is 5.75. The van der Waals surface area contributed by atoms with E-state index in [0.29, 0.717) is 6.54 Å². The lowest BCUT2D eigenvalue weighted by atomic mass is 10.0. The third-order valence-corrected chi connectivity index (χ3v) is 3.07. The first kappa shape index (κ1) is 11.8. The van der Waals surface area contributed by atoms with Crippen molar-refractivity contribution < 1.29 is 4.79 Å². The third kappa shape index (κ3) is 2.35. The number of para-hydroxylation sites is 1. The molecule has 2 N–H and O–H groups in total. The molecular weight excluding hydrogens is 214 g/mol. The van der Waals surface area contributed by atoms with Crippen molar-refractivity contribution in [3.05, 3.63) is 29.8 Å². The van der Waals surface area contributed by atoms with Crippen LogP contribution in [0.25, 0.3) is 0 Å².